The number of methoxy groups -OCH3 is 1. The molecule has 2 aromatic carbocycles. The zero-order chi connectivity index (χ0) is 18.5. The van der Waals surface area contributed by atoms with Crippen LogP contribution in [0.4, 0.5) is 5.69 Å². The quantitative estimate of drug-likeness (QED) is 0.509. The number of rotatable bonds is 6. The largest absolute Gasteiger partial charge is 0.465 e. The van der Waals surface area contributed by atoms with E-state index in [1.807, 2.05) is 31.2 Å². The lowest BCUT2D eigenvalue weighted by Gasteiger charge is -2.15. The number of fused-ring (bicyclic) bond motifs is 1. The van der Waals surface area contributed by atoms with Gasteiger partial charge in [0, 0.05) is 0 Å². The van der Waals surface area contributed by atoms with Gasteiger partial charge in [0.2, 0.25) is 5.91 Å². The van der Waals surface area contributed by atoms with Gasteiger partial charge in [0.25, 0.3) is 0 Å². The second kappa shape index (κ2) is 8.05. The average Bonchev–Trinajstić information content (AvgIpc) is 3.08. The highest BCUT2D eigenvalue weighted by Crippen LogP contribution is 2.27. The van der Waals surface area contributed by atoms with Gasteiger partial charge in [0.05, 0.1) is 34.6 Å². The van der Waals surface area contributed by atoms with E-state index in [0.717, 1.165) is 11.0 Å². The number of aromatic nitrogens is 2. The number of thioether (sulfide) groups is 1. The molecule has 1 amide bonds. The van der Waals surface area contributed by atoms with Crippen molar-refractivity contribution in [3.05, 3.63) is 54.1 Å². The van der Waals surface area contributed by atoms with Crippen LogP contribution in [0.5, 0.6) is 0 Å². The van der Waals surface area contributed by atoms with E-state index in [4.69, 9.17) is 4.74 Å². The first kappa shape index (κ1) is 18.0. The number of ether oxygens (including phenoxy) is 1. The Morgan fingerprint density at radius 1 is 1.19 bits per heavy atom. The van der Waals surface area contributed by atoms with Crippen LogP contribution in [0.25, 0.3) is 11.0 Å². The summed E-state index contributed by atoms with van der Waals surface area (Å²) in [6, 6.07) is 14.5. The van der Waals surface area contributed by atoms with Crippen molar-refractivity contribution in [3.63, 3.8) is 0 Å². The number of nitrogens with zero attached hydrogens (tertiary/aromatic N) is 1. The lowest BCUT2D eigenvalue weighted by atomic mass is 10.1. The van der Waals surface area contributed by atoms with Crippen molar-refractivity contribution in [1.29, 1.82) is 0 Å². The molecule has 0 saturated carbocycles. The van der Waals surface area contributed by atoms with Crippen LogP contribution < -0.4 is 5.32 Å². The van der Waals surface area contributed by atoms with Gasteiger partial charge in [0.1, 0.15) is 0 Å². The minimum Gasteiger partial charge on any atom is -0.465 e. The van der Waals surface area contributed by atoms with E-state index in [1.54, 1.807) is 24.3 Å². The fraction of sp³-hybridized carbons (Fsp3) is 0.211. The number of hydrogen-bond acceptors (Lipinski definition) is 5. The number of nitrogens with one attached hydrogen (secondary N) is 2. The summed E-state index contributed by atoms with van der Waals surface area (Å²) < 4.78 is 4.76. The Morgan fingerprint density at radius 2 is 1.92 bits per heavy atom. The number of carbonyl (C=O) groups excluding carboxylic acids is 2. The van der Waals surface area contributed by atoms with Gasteiger partial charge < -0.3 is 15.0 Å². The predicted molar refractivity (Wildman–Crippen MR) is 102 cm³/mol. The summed E-state index contributed by atoms with van der Waals surface area (Å²) in [6.45, 7) is 1.94. The Hall–Kier alpha value is -2.80. The number of carbonyl (C=O) groups is 2. The SMILES string of the molecule is CCC(Sc1nc2ccccc2[nH]1)C(=O)Nc1ccccc1C(=O)OC. The maximum atomic E-state index is 12.7. The van der Waals surface area contributed by atoms with Crippen molar-refractivity contribution >= 4 is 40.4 Å². The summed E-state index contributed by atoms with van der Waals surface area (Å²) in [4.78, 5) is 32.3. The van der Waals surface area contributed by atoms with E-state index in [2.05, 4.69) is 15.3 Å². The van der Waals surface area contributed by atoms with Crippen molar-refractivity contribution in [2.45, 2.75) is 23.8 Å². The molecule has 1 unspecified atom stereocenters. The highest BCUT2D eigenvalue weighted by atomic mass is 32.2. The molecule has 3 rings (SSSR count). The van der Waals surface area contributed by atoms with Crippen LogP contribution in [0.15, 0.2) is 53.7 Å². The molecule has 6 nitrogen and oxygen atoms in total. The van der Waals surface area contributed by atoms with Crippen molar-refractivity contribution in [1.82, 2.24) is 9.97 Å². The lowest BCUT2D eigenvalue weighted by molar-refractivity contribution is -0.115. The number of esters is 1. The molecule has 1 heterocycles. The molecule has 1 aromatic heterocycles. The van der Waals surface area contributed by atoms with Gasteiger partial charge in [-0.3, -0.25) is 4.79 Å². The van der Waals surface area contributed by atoms with Gasteiger partial charge in [-0.1, -0.05) is 43.0 Å². The number of aromatic amines is 1. The summed E-state index contributed by atoms with van der Waals surface area (Å²) in [6.07, 6.45) is 0.619. The van der Waals surface area contributed by atoms with E-state index in [0.29, 0.717) is 22.8 Å². The Balaban J connectivity index is 1.76. The number of anilines is 1. The maximum Gasteiger partial charge on any atom is 0.339 e. The van der Waals surface area contributed by atoms with Gasteiger partial charge in [-0.05, 0) is 30.7 Å². The number of imidazole rings is 1. The van der Waals surface area contributed by atoms with Gasteiger partial charge in [-0.2, -0.15) is 0 Å². The van der Waals surface area contributed by atoms with Crippen LogP contribution in [-0.4, -0.2) is 34.2 Å². The lowest BCUT2D eigenvalue weighted by Crippen LogP contribution is -2.25. The summed E-state index contributed by atoms with van der Waals surface area (Å²) in [5.41, 5.74) is 2.56. The second-order valence-corrected chi connectivity index (χ2v) is 6.79. The van der Waals surface area contributed by atoms with E-state index < -0.39 is 5.97 Å². The number of amides is 1. The van der Waals surface area contributed by atoms with E-state index in [1.165, 1.54) is 18.9 Å². The summed E-state index contributed by atoms with van der Waals surface area (Å²) >= 11 is 1.37. The first-order valence-corrected chi connectivity index (χ1v) is 9.10. The molecule has 0 spiro atoms. The van der Waals surface area contributed by atoms with Gasteiger partial charge in [-0.25, -0.2) is 9.78 Å². The minimum atomic E-state index is -0.487. The molecule has 0 saturated heterocycles. The number of benzene rings is 2. The highest BCUT2D eigenvalue weighted by Gasteiger charge is 2.22. The van der Waals surface area contributed by atoms with Crippen molar-refractivity contribution in [2.24, 2.45) is 0 Å². The Labute approximate surface area is 155 Å². The molecule has 0 fully saturated rings. The van der Waals surface area contributed by atoms with Crippen LogP contribution in [0.1, 0.15) is 23.7 Å². The topological polar surface area (TPSA) is 84.1 Å². The first-order valence-electron chi connectivity index (χ1n) is 8.22. The average molecular weight is 369 g/mol. The summed E-state index contributed by atoms with van der Waals surface area (Å²) in [5.74, 6) is -0.673. The zero-order valence-electron chi connectivity index (χ0n) is 14.5. The third-order valence-electron chi connectivity index (χ3n) is 3.88. The molecule has 0 bridgehead atoms. The molecular weight excluding hydrogens is 350 g/mol. The van der Waals surface area contributed by atoms with Crippen LogP contribution in [0, 0.1) is 0 Å². The molecule has 0 aliphatic carbocycles. The third kappa shape index (κ3) is 3.88. The van der Waals surface area contributed by atoms with E-state index >= 15 is 0 Å². The first-order chi connectivity index (χ1) is 12.6. The van der Waals surface area contributed by atoms with Gasteiger partial charge in [0.15, 0.2) is 5.16 Å². The van der Waals surface area contributed by atoms with Crippen molar-refractivity contribution in [2.75, 3.05) is 12.4 Å². The molecule has 134 valence electrons. The van der Waals surface area contributed by atoms with Crippen molar-refractivity contribution < 1.29 is 14.3 Å². The van der Waals surface area contributed by atoms with Crippen LogP contribution in [-0.2, 0) is 9.53 Å². The fourth-order valence-corrected chi connectivity index (χ4v) is 3.46. The smallest absolute Gasteiger partial charge is 0.339 e. The molecular formula is C19H19N3O3S. The predicted octanol–water partition coefficient (Wildman–Crippen LogP) is 3.86. The van der Waals surface area contributed by atoms with Crippen LogP contribution in [0.2, 0.25) is 0 Å². The Kier molecular flexibility index (Phi) is 5.58. The summed E-state index contributed by atoms with van der Waals surface area (Å²) in [5, 5.41) is 3.17. The molecule has 3 aromatic rings. The minimum absolute atomic E-state index is 0.186. The summed E-state index contributed by atoms with van der Waals surface area (Å²) in [7, 11) is 1.31. The Bertz CT molecular complexity index is 905. The van der Waals surface area contributed by atoms with E-state index in [9.17, 15) is 9.59 Å². The second-order valence-electron chi connectivity index (χ2n) is 5.60. The molecule has 7 heteroatoms. The molecule has 0 radical (unpaired) electrons. The monoisotopic (exact) mass is 369 g/mol. The Morgan fingerprint density at radius 3 is 2.65 bits per heavy atom. The van der Waals surface area contributed by atoms with E-state index in [-0.39, 0.29) is 11.2 Å². The normalized spacial score (nSPS) is 11.9. The molecule has 1 atom stereocenters. The zero-order valence-corrected chi connectivity index (χ0v) is 15.3. The fourth-order valence-electron chi connectivity index (χ4n) is 2.54. The standard InChI is InChI=1S/C19H19N3O3S/c1-3-16(26-19-21-14-10-6-7-11-15(14)22-19)17(23)20-13-9-5-4-8-12(13)18(24)25-2/h4-11,16H,3H2,1-2H3,(H,20,23)(H,21,22). The van der Waals surface area contributed by atoms with Crippen molar-refractivity contribution in [3.8, 4) is 0 Å². The molecule has 26 heavy (non-hydrogen) atoms. The maximum absolute atomic E-state index is 12.7. The highest BCUT2D eigenvalue weighted by molar-refractivity contribution is 8.00. The number of para-hydroxylation sites is 3. The molecule has 0 aliphatic heterocycles. The number of H-pyrrole nitrogens is 1. The van der Waals surface area contributed by atoms with Crippen LogP contribution in [0.3, 0.4) is 0 Å². The van der Waals surface area contributed by atoms with Gasteiger partial charge >= 0.3 is 5.97 Å². The molecule has 2 N–H and O–H groups in total. The third-order valence-corrected chi connectivity index (χ3v) is 5.12. The van der Waals surface area contributed by atoms with Gasteiger partial charge in [-0.15, -0.1) is 0 Å². The molecule has 0 aliphatic rings. The van der Waals surface area contributed by atoms with Crippen LogP contribution >= 0.6 is 11.8 Å². The number of hydrogen-bond donors (Lipinski definition) is 2.